The van der Waals surface area contributed by atoms with Gasteiger partial charge in [0.2, 0.25) is 0 Å². The van der Waals surface area contributed by atoms with E-state index in [4.69, 9.17) is 16.3 Å². The first kappa shape index (κ1) is 26.4. The van der Waals surface area contributed by atoms with Crippen LogP contribution in [0.5, 0.6) is 0 Å². The summed E-state index contributed by atoms with van der Waals surface area (Å²) in [5.74, 6) is -7.19. The van der Waals surface area contributed by atoms with Crippen molar-refractivity contribution in [1.82, 2.24) is 9.99 Å². The molecule has 3 heterocycles. The third-order valence-electron chi connectivity index (χ3n) is 6.67. The van der Waals surface area contributed by atoms with E-state index in [1.807, 2.05) is 0 Å². The zero-order chi connectivity index (χ0) is 28.4. The topological polar surface area (TPSA) is 129 Å². The van der Waals surface area contributed by atoms with Crippen LogP contribution in [-0.2, 0) is 25.3 Å². The van der Waals surface area contributed by atoms with Crippen molar-refractivity contribution in [2.75, 3.05) is 18.7 Å². The van der Waals surface area contributed by atoms with Crippen molar-refractivity contribution < 1.29 is 42.2 Å². The second kappa shape index (κ2) is 9.19. The number of rotatable bonds is 5. The Balaban J connectivity index is 1.57. The number of imide groups is 1. The van der Waals surface area contributed by atoms with Gasteiger partial charge in [-0.1, -0.05) is 35.9 Å². The molecular weight excluding hydrogens is 545 g/mol. The highest BCUT2D eigenvalue weighted by molar-refractivity contribution is 6.40. The van der Waals surface area contributed by atoms with Gasteiger partial charge in [-0.3, -0.25) is 24.4 Å². The number of alkyl halides is 3. The summed E-state index contributed by atoms with van der Waals surface area (Å²) in [6, 6.07) is 5.20. The number of pyridine rings is 1. The number of allylic oxidation sites excluding steroid dienone is 1. The lowest BCUT2D eigenvalue weighted by Gasteiger charge is -2.29. The monoisotopic (exact) mass is 562 g/mol. The average molecular weight is 563 g/mol. The largest absolute Gasteiger partial charge is 0.506 e. The third kappa shape index (κ3) is 3.95. The van der Waals surface area contributed by atoms with Gasteiger partial charge in [-0.15, -0.1) is 0 Å². The van der Waals surface area contributed by atoms with Gasteiger partial charge in [0.15, 0.2) is 17.6 Å². The van der Waals surface area contributed by atoms with Gasteiger partial charge in [-0.05, 0) is 13.0 Å². The van der Waals surface area contributed by atoms with Crippen molar-refractivity contribution >= 4 is 52.5 Å². The normalized spacial score (nSPS) is 22.3. The van der Waals surface area contributed by atoms with Crippen molar-refractivity contribution in [1.29, 1.82) is 0 Å². The van der Waals surface area contributed by atoms with E-state index in [0.717, 1.165) is 5.01 Å². The molecule has 1 saturated heterocycles. The summed E-state index contributed by atoms with van der Waals surface area (Å²) in [4.78, 5) is 61.2. The number of ether oxygens (including phenoxy) is 1. The van der Waals surface area contributed by atoms with Crippen molar-refractivity contribution in [2.45, 2.75) is 19.1 Å². The molecular formula is C25H18ClF3N4O6. The Morgan fingerprint density at radius 2 is 1.85 bits per heavy atom. The number of nitrogens with zero attached hydrogens (tertiary/aromatic N) is 4. The van der Waals surface area contributed by atoms with Crippen LogP contribution in [0.25, 0.3) is 5.76 Å². The molecule has 0 spiro atoms. The maximum Gasteiger partial charge on any atom is 0.417 e. The predicted octanol–water partition coefficient (Wildman–Crippen LogP) is 3.26. The minimum atomic E-state index is -4.73. The Hall–Kier alpha value is -4.26. The molecule has 202 valence electrons. The summed E-state index contributed by atoms with van der Waals surface area (Å²) in [5.41, 5.74) is -1.39. The van der Waals surface area contributed by atoms with Crippen LogP contribution in [0.4, 0.5) is 19.0 Å². The lowest BCUT2D eigenvalue weighted by molar-refractivity contribution is -0.149. The maximum absolute atomic E-state index is 13.7. The van der Waals surface area contributed by atoms with Crippen molar-refractivity contribution in [2.24, 2.45) is 16.8 Å². The highest BCUT2D eigenvalue weighted by Gasteiger charge is 2.62. The van der Waals surface area contributed by atoms with Crippen molar-refractivity contribution in [3.8, 4) is 0 Å². The smallest absolute Gasteiger partial charge is 0.417 e. The minimum absolute atomic E-state index is 0.0628. The second-order valence-corrected chi connectivity index (χ2v) is 9.26. The number of carbonyl (C=O) groups excluding carboxylic acids is 4. The van der Waals surface area contributed by atoms with Crippen molar-refractivity contribution in [3.05, 3.63) is 63.8 Å². The summed E-state index contributed by atoms with van der Waals surface area (Å²) in [6.07, 6.45) is -4.24. The summed E-state index contributed by atoms with van der Waals surface area (Å²) in [7, 11) is 1.18. The van der Waals surface area contributed by atoms with E-state index in [0.29, 0.717) is 17.3 Å². The number of fused-ring (bicyclic) bond motifs is 2. The fourth-order valence-corrected chi connectivity index (χ4v) is 5.24. The van der Waals surface area contributed by atoms with Gasteiger partial charge in [-0.25, -0.2) is 9.78 Å². The van der Waals surface area contributed by atoms with Gasteiger partial charge in [0.05, 0.1) is 40.3 Å². The van der Waals surface area contributed by atoms with Gasteiger partial charge < -0.3 is 9.84 Å². The van der Waals surface area contributed by atoms with Gasteiger partial charge in [0.1, 0.15) is 5.76 Å². The fourth-order valence-electron chi connectivity index (χ4n) is 4.96. The van der Waals surface area contributed by atoms with Gasteiger partial charge in [0.25, 0.3) is 11.8 Å². The van der Waals surface area contributed by atoms with E-state index in [-0.39, 0.29) is 34.8 Å². The maximum atomic E-state index is 13.7. The summed E-state index contributed by atoms with van der Waals surface area (Å²) >= 11 is 6.03. The molecule has 1 aromatic heterocycles. The average Bonchev–Trinajstić information content (AvgIpc) is 3.47. The first-order valence-electron chi connectivity index (χ1n) is 11.5. The van der Waals surface area contributed by atoms with Crippen LogP contribution in [0, 0.1) is 11.8 Å². The fraction of sp³-hybridized carbons (Fsp3) is 0.280. The van der Waals surface area contributed by atoms with Crippen LogP contribution in [0.2, 0.25) is 5.02 Å². The van der Waals surface area contributed by atoms with E-state index in [1.54, 1.807) is 12.1 Å². The Labute approximate surface area is 223 Å². The number of ketones is 1. The van der Waals surface area contributed by atoms with Gasteiger partial charge >= 0.3 is 12.1 Å². The molecule has 2 aliphatic heterocycles. The number of hydrogen-bond donors (Lipinski definition) is 1. The zero-order valence-electron chi connectivity index (χ0n) is 20.2. The number of anilines is 1. The number of Topliss-reactive ketones (excluding diaryl/α,β-unsaturated/α-hetero) is 1. The Morgan fingerprint density at radius 1 is 1.18 bits per heavy atom. The highest BCUT2D eigenvalue weighted by atomic mass is 35.5. The number of benzene rings is 1. The van der Waals surface area contributed by atoms with Gasteiger partial charge in [-0.2, -0.15) is 18.2 Å². The van der Waals surface area contributed by atoms with Crippen LogP contribution >= 0.6 is 11.6 Å². The van der Waals surface area contributed by atoms with Crippen molar-refractivity contribution in [3.63, 3.8) is 0 Å². The molecule has 39 heavy (non-hydrogen) atoms. The molecule has 5 rings (SSSR count). The van der Waals surface area contributed by atoms with E-state index in [2.05, 4.69) is 9.98 Å². The van der Waals surface area contributed by atoms with Crippen LogP contribution < -0.4 is 5.01 Å². The minimum Gasteiger partial charge on any atom is -0.506 e. The molecule has 14 heteroatoms. The number of aliphatic hydroxyl groups excluding tert-OH is 1. The number of hydrazine groups is 1. The molecule has 1 aromatic carbocycles. The van der Waals surface area contributed by atoms with Crippen LogP contribution in [-0.4, -0.2) is 64.1 Å². The molecule has 10 nitrogen and oxygen atoms in total. The molecule has 2 aromatic rings. The first-order valence-corrected chi connectivity index (χ1v) is 11.9. The number of amides is 2. The summed E-state index contributed by atoms with van der Waals surface area (Å²) in [5, 5.41) is 11.8. The predicted molar refractivity (Wildman–Crippen MR) is 130 cm³/mol. The summed E-state index contributed by atoms with van der Waals surface area (Å²) in [6.45, 7) is 1.47. The zero-order valence-corrected chi connectivity index (χ0v) is 20.9. The number of carbonyl (C=O) groups is 4. The number of aliphatic imine (C=N–C) groups is 1. The van der Waals surface area contributed by atoms with Crippen LogP contribution in [0.15, 0.2) is 47.1 Å². The number of halogens is 4. The molecule has 3 atom stereocenters. The van der Waals surface area contributed by atoms with Crippen LogP contribution in [0.1, 0.15) is 28.4 Å². The lowest BCUT2D eigenvalue weighted by atomic mass is 9.85. The second-order valence-electron chi connectivity index (χ2n) is 8.85. The molecule has 0 saturated carbocycles. The molecule has 1 N–H and O–H groups in total. The Kier molecular flexibility index (Phi) is 6.21. The Bertz CT molecular complexity index is 1520. The van der Waals surface area contributed by atoms with E-state index in [9.17, 15) is 37.5 Å². The molecule has 2 amide bonds. The summed E-state index contributed by atoms with van der Waals surface area (Å²) < 4.78 is 44.3. The van der Waals surface area contributed by atoms with E-state index in [1.165, 1.54) is 26.1 Å². The standard InChI is InChI=1S/C25H18ClF3N4O6/c1-3-39-24(38)18-15-14(17(31-18)16-19(34)11-6-4-5-7-12(11)20(16)35)22(36)33(23(15)37)32(2)21-13(26)8-10(9-30-21)25(27,28)29/h4-9,14-15,18,34H,3H2,1-2H3/t14-,15-,18+/m0/s1. The molecule has 3 aliphatic rings. The number of esters is 1. The van der Waals surface area contributed by atoms with E-state index >= 15 is 0 Å². The number of hydrogen-bond acceptors (Lipinski definition) is 9. The molecule has 0 radical (unpaired) electrons. The lowest BCUT2D eigenvalue weighted by Crippen LogP contribution is -2.47. The third-order valence-corrected chi connectivity index (χ3v) is 6.95. The Morgan fingerprint density at radius 3 is 2.44 bits per heavy atom. The van der Waals surface area contributed by atoms with Gasteiger partial charge in [0, 0.05) is 24.4 Å². The highest BCUT2D eigenvalue weighted by Crippen LogP contribution is 2.44. The van der Waals surface area contributed by atoms with E-state index < -0.39 is 64.0 Å². The SMILES string of the molecule is CCOC(=O)[C@@H]1N=C(C2=C(O)c3ccccc3C2=O)[C@H]2C(=O)N(N(C)c3ncc(C(F)(F)F)cc3Cl)C(=O)[C@@H]21. The molecule has 1 fully saturated rings. The number of aromatic nitrogens is 1. The quantitative estimate of drug-likeness (QED) is 0.434. The first-order chi connectivity index (χ1) is 18.4. The van der Waals surface area contributed by atoms with Crippen LogP contribution in [0.3, 0.4) is 0 Å². The molecule has 0 unspecified atom stereocenters. The molecule has 0 bridgehead atoms. The number of aliphatic hydroxyl groups is 1. The molecule has 1 aliphatic carbocycles.